The second-order valence-corrected chi connectivity index (χ2v) is 12.4. The third-order valence-corrected chi connectivity index (χ3v) is 8.88. The first-order valence-corrected chi connectivity index (χ1v) is 15.5. The number of carbonyl (C=O) groups excluding carboxylic acids is 2. The molecule has 0 radical (unpaired) electrons. The van der Waals surface area contributed by atoms with Gasteiger partial charge in [0.25, 0.3) is 0 Å². The molecule has 1 fully saturated rings. The van der Waals surface area contributed by atoms with Crippen LogP contribution < -0.4 is 16.0 Å². The van der Waals surface area contributed by atoms with E-state index in [1.54, 1.807) is 0 Å². The van der Waals surface area contributed by atoms with Crippen molar-refractivity contribution < 1.29 is 24.2 Å². The molecule has 0 heterocycles. The zero-order valence-electron chi connectivity index (χ0n) is 23.0. The van der Waals surface area contributed by atoms with Crippen LogP contribution in [0.5, 0.6) is 0 Å². The Balaban J connectivity index is 1.65. The summed E-state index contributed by atoms with van der Waals surface area (Å²) in [5.74, 6) is -0.595. The fourth-order valence-corrected chi connectivity index (χ4v) is 6.53. The maximum atomic E-state index is 13.4. The molecule has 2 amide bonds. The second kappa shape index (κ2) is 15.8. The van der Waals surface area contributed by atoms with E-state index in [0.717, 1.165) is 43.4 Å². The minimum absolute atomic E-state index is 0.0363. The fraction of sp³-hybridized carbons (Fsp3) is 0.533. The maximum absolute atomic E-state index is 13.4. The molecular formula is C30H44N3O5P. The number of aliphatic hydroxyl groups excluding tert-OH is 1. The maximum Gasteiger partial charge on any atom is 0.243 e. The lowest BCUT2D eigenvalue weighted by Gasteiger charge is -2.30. The molecule has 2 aromatic rings. The minimum atomic E-state index is -2.81. The van der Waals surface area contributed by atoms with Gasteiger partial charge in [0.2, 0.25) is 11.8 Å². The van der Waals surface area contributed by atoms with Crippen LogP contribution in [-0.2, 0) is 20.6 Å². The van der Waals surface area contributed by atoms with Crippen LogP contribution in [0.4, 0.5) is 5.69 Å². The number of hydrogen-bond acceptors (Lipinski definition) is 5. The van der Waals surface area contributed by atoms with Crippen molar-refractivity contribution in [2.45, 2.75) is 82.6 Å². The Bertz CT molecular complexity index is 1050. The molecule has 0 spiro atoms. The first-order chi connectivity index (χ1) is 18.7. The number of hydrogen-bond donors (Lipinski definition) is 5. The first kappa shape index (κ1) is 30.9. The normalized spacial score (nSPS) is 18.0. The standard InChI is InChI=1S/C30H44N3O5P/c1-21(2)28(32-24-16-10-5-11-17-24)30(36)33-26(18-22-12-6-3-7-13-22)29(35)31-20-25(34)19-27(39(37)38)23-14-8-4-9-15-23/h3,5-7,10-13,16-17,21,23,25-28,32,34,39H,4,8-9,14-15,18-20H2,1-2H3,(H,31,35)(H,33,36)(H,37,38)/t25-,26+,27?,28+/m1/s1. The van der Waals surface area contributed by atoms with E-state index in [2.05, 4.69) is 16.0 Å². The van der Waals surface area contributed by atoms with E-state index in [1.165, 1.54) is 0 Å². The minimum Gasteiger partial charge on any atom is -0.391 e. The quantitative estimate of drug-likeness (QED) is 0.222. The second-order valence-electron chi connectivity index (χ2n) is 11.0. The van der Waals surface area contributed by atoms with Crippen LogP contribution in [0.3, 0.4) is 0 Å². The van der Waals surface area contributed by atoms with Crippen LogP contribution in [0.1, 0.15) is 57.9 Å². The first-order valence-electron chi connectivity index (χ1n) is 14.1. The highest BCUT2D eigenvalue weighted by Crippen LogP contribution is 2.40. The lowest BCUT2D eigenvalue weighted by Crippen LogP contribution is -2.54. The van der Waals surface area contributed by atoms with Crippen molar-refractivity contribution in [1.29, 1.82) is 0 Å². The van der Waals surface area contributed by atoms with Gasteiger partial charge in [0.15, 0.2) is 8.03 Å². The van der Waals surface area contributed by atoms with Crippen molar-refractivity contribution in [3.63, 3.8) is 0 Å². The molecule has 8 nitrogen and oxygen atoms in total. The van der Waals surface area contributed by atoms with Crippen molar-refractivity contribution in [3.8, 4) is 0 Å². The van der Waals surface area contributed by atoms with Crippen LogP contribution >= 0.6 is 8.03 Å². The van der Waals surface area contributed by atoms with E-state index in [9.17, 15) is 24.2 Å². The molecule has 214 valence electrons. The van der Waals surface area contributed by atoms with E-state index in [-0.39, 0.29) is 30.7 Å². The van der Waals surface area contributed by atoms with Gasteiger partial charge in [-0.3, -0.25) is 14.2 Å². The van der Waals surface area contributed by atoms with Crippen molar-refractivity contribution in [3.05, 3.63) is 66.2 Å². The van der Waals surface area contributed by atoms with Crippen molar-refractivity contribution in [2.75, 3.05) is 11.9 Å². The summed E-state index contributed by atoms with van der Waals surface area (Å²) in [5.41, 5.74) is 1.26. The molecule has 2 unspecified atom stereocenters. The van der Waals surface area contributed by atoms with Gasteiger partial charge in [0.05, 0.1) is 6.10 Å². The van der Waals surface area contributed by atoms with Gasteiger partial charge < -0.3 is 26.0 Å². The average molecular weight is 558 g/mol. The van der Waals surface area contributed by atoms with Gasteiger partial charge in [-0.1, -0.05) is 81.6 Å². The Morgan fingerprint density at radius 3 is 2.15 bits per heavy atom. The highest BCUT2D eigenvalue weighted by atomic mass is 31.1. The zero-order chi connectivity index (χ0) is 28.2. The summed E-state index contributed by atoms with van der Waals surface area (Å²) >= 11 is 0. The smallest absolute Gasteiger partial charge is 0.243 e. The predicted octanol–water partition coefficient (Wildman–Crippen LogP) is 4.13. The number of aliphatic hydroxyl groups is 1. The number of para-hydroxylation sites is 1. The molecule has 3 rings (SSSR count). The molecule has 9 heteroatoms. The van der Waals surface area contributed by atoms with Gasteiger partial charge in [-0.15, -0.1) is 0 Å². The molecule has 5 atom stereocenters. The molecule has 0 saturated heterocycles. The largest absolute Gasteiger partial charge is 0.391 e. The number of amides is 2. The Hall–Kier alpha value is -2.67. The Morgan fingerprint density at radius 1 is 0.949 bits per heavy atom. The lowest BCUT2D eigenvalue weighted by atomic mass is 9.85. The fourth-order valence-electron chi connectivity index (χ4n) is 5.32. The van der Waals surface area contributed by atoms with Crippen LogP contribution in [0.25, 0.3) is 0 Å². The number of carbonyl (C=O) groups is 2. The SMILES string of the molecule is CC(C)[C@H](Nc1ccccc1)C(=O)N[C@@H](Cc1ccccc1)C(=O)NC[C@H](O)CC(C1CCCCC1)[PH](=O)O. The summed E-state index contributed by atoms with van der Waals surface area (Å²) in [4.78, 5) is 36.6. The highest BCUT2D eigenvalue weighted by molar-refractivity contribution is 7.38. The van der Waals surface area contributed by atoms with Gasteiger partial charge in [-0.05, 0) is 48.8 Å². The summed E-state index contributed by atoms with van der Waals surface area (Å²) in [6.07, 6.45) is 4.55. The van der Waals surface area contributed by atoms with E-state index >= 15 is 0 Å². The van der Waals surface area contributed by atoms with Crippen molar-refractivity contribution in [1.82, 2.24) is 10.6 Å². The predicted molar refractivity (Wildman–Crippen MR) is 156 cm³/mol. The summed E-state index contributed by atoms with van der Waals surface area (Å²) in [5, 5.41) is 19.6. The molecule has 1 saturated carbocycles. The number of nitrogens with one attached hydrogen (secondary N) is 3. The zero-order valence-corrected chi connectivity index (χ0v) is 24.0. The lowest BCUT2D eigenvalue weighted by molar-refractivity contribution is -0.130. The topological polar surface area (TPSA) is 128 Å². The van der Waals surface area contributed by atoms with Crippen molar-refractivity contribution in [2.24, 2.45) is 11.8 Å². The number of benzene rings is 2. The average Bonchev–Trinajstić information content (AvgIpc) is 2.94. The summed E-state index contributed by atoms with van der Waals surface area (Å²) in [7, 11) is -2.81. The van der Waals surface area contributed by atoms with Gasteiger partial charge in [0, 0.05) is 24.3 Å². The Morgan fingerprint density at radius 2 is 1.56 bits per heavy atom. The number of rotatable bonds is 14. The van der Waals surface area contributed by atoms with Gasteiger partial charge in [-0.2, -0.15) is 0 Å². The molecule has 39 heavy (non-hydrogen) atoms. The van der Waals surface area contributed by atoms with E-state index < -0.39 is 37.8 Å². The van der Waals surface area contributed by atoms with Crippen LogP contribution in [0.2, 0.25) is 0 Å². The molecule has 5 N–H and O–H groups in total. The number of anilines is 1. The van der Waals surface area contributed by atoms with Crippen LogP contribution in [0.15, 0.2) is 60.7 Å². The Kier molecular flexibility index (Phi) is 12.5. The third-order valence-electron chi connectivity index (χ3n) is 7.53. The van der Waals surface area contributed by atoms with Gasteiger partial charge in [-0.25, -0.2) is 0 Å². The van der Waals surface area contributed by atoms with Crippen LogP contribution in [-0.4, -0.2) is 52.2 Å². The van der Waals surface area contributed by atoms with E-state index in [4.69, 9.17) is 0 Å². The van der Waals surface area contributed by atoms with Crippen LogP contribution in [0, 0.1) is 11.8 Å². The summed E-state index contributed by atoms with van der Waals surface area (Å²) in [6, 6.07) is 17.5. The molecular weight excluding hydrogens is 513 g/mol. The molecule has 1 aliphatic rings. The Labute approximate surface area is 232 Å². The monoisotopic (exact) mass is 557 g/mol. The summed E-state index contributed by atoms with van der Waals surface area (Å²) in [6.45, 7) is 3.84. The van der Waals surface area contributed by atoms with E-state index in [1.807, 2.05) is 74.5 Å². The molecule has 1 aliphatic carbocycles. The van der Waals surface area contributed by atoms with Crippen molar-refractivity contribution >= 4 is 25.5 Å². The highest BCUT2D eigenvalue weighted by Gasteiger charge is 2.31. The molecule has 0 aromatic heterocycles. The van der Waals surface area contributed by atoms with E-state index in [0.29, 0.717) is 6.42 Å². The molecule has 0 aliphatic heterocycles. The third kappa shape index (κ3) is 10.1. The van der Waals surface area contributed by atoms with Gasteiger partial charge >= 0.3 is 0 Å². The van der Waals surface area contributed by atoms with Gasteiger partial charge in [0.1, 0.15) is 12.1 Å². The molecule has 0 bridgehead atoms. The molecule has 2 aromatic carbocycles. The summed E-state index contributed by atoms with van der Waals surface area (Å²) < 4.78 is 12.1.